The highest BCUT2D eigenvalue weighted by molar-refractivity contribution is 5.27. The van der Waals surface area contributed by atoms with Crippen molar-refractivity contribution in [2.24, 2.45) is 11.1 Å². The van der Waals surface area contributed by atoms with Gasteiger partial charge in [0.25, 0.3) is 0 Å². The van der Waals surface area contributed by atoms with Crippen molar-refractivity contribution in [3.05, 3.63) is 17.0 Å². The van der Waals surface area contributed by atoms with E-state index < -0.39 is 0 Å². The molecule has 1 aliphatic carbocycles. The number of fused-ring (bicyclic) bond motifs is 1. The van der Waals surface area contributed by atoms with E-state index in [9.17, 15) is 0 Å². The fraction of sp³-hybridized carbons (Fsp3) is 0.727. The number of hydrogen-bond donors (Lipinski definition) is 1. The van der Waals surface area contributed by atoms with E-state index in [1.807, 2.05) is 0 Å². The van der Waals surface area contributed by atoms with Crippen LogP contribution in [0.2, 0.25) is 0 Å². The van der Waals surface area contributed by atoms with Crippen molar-refractivity contribution in [2.75, 3.05) is 6.54 Å². The summed E-state index contributed by atoms with van der Waals surface area (Å²) in [6.07, 6.45) is 4.18. The molecular weight excluding hydrogens is 176 g/mol. The zero-order valence-corrected chi connectivity index (χ0v) is 8.97. The smallest absolute Gasteiger partial charge is 0.140 e. The van der Waals surface area contributed by atoms with Gasteiger partial charge in [-0.15, -0.1) is 0 Å². The molecule has 0 radical (unpaired) electrons. The average Bonchev–Trinajstić information content (AvgIpc) is 2.47. The Kier molecular flexibility index (Phi) is 2.35. The summed E-state index contributed by atoms with van der Waals surface area (Å²) >= 11 is 0. The molecule has 0 bridgehead atoms. The van der Waals surface area contributed by atoms with Crippen LogP contribution in [-0.4, -0.2) is 11.7 Å². The molecule has 0 atom stereocenters. The Morgan fingerprint density at radius 3 is 3.00 bits per heavy atom. The Morgan fingerprint density at radius 2 is 2.29 bits per heavy atom. The Balaban J connectivity index is 2.25. The number of nitrogens with zero attached hydrogens (tertiary/aromatic N) is 1. The molecule has 0 saturated carbocycles. The zero-order chi connectivity index (χ0) is 10.2. The minimum atomic E-state index is 0.368. The molecular formula is C11H18N2O. The molecule has 0 aliphatic heterocycles. The highest BCUT2D eigenvalue weighted by Crippen LogP contribution is 2.35. The van der Waals surface area contributed by atoms with Gasteiger partial charge in [0, 0.05) is 18.4 Å². The van der Waals surface area contributed by atoms with Crippen LogP contribution in [0.15, 0.2) is 4.52 Å². The van der Waals surface area contributed by atoms with E-state index in [2.05, 4.69) is 19.0 Å². The SMILES string of the molecule is CC1(C)CCc2c(CCN)noc2C1. The van der Waals surface area contributed by atoms with Gasteiger partial charge < -0.3 is 10.3 Å². The molecule has 1 aromatic rings. The lowest BCUT2D eigenvalue weighted by atomic mass is 9.76. The fourth-order valence-corrected chi connectivity index (χ4v) is 2.12. The molecule has 0 saturated heterocycles. The Morgan fingerprint density at radius 1 is 1.50 bits per heavy atom. The van der Waals surface area contributed by atoms with Crippen LogP contribution in [-0.2, 0) is 19.3 Å². The molecule has 0 fully saturated rings. The molecule has 0 unspecified atom stereocenters. The Bertz CT molecular complexity index is 328. The maximum absolute atomic E-state index is 5.52. The van der Waals surface area contributed by atoms with Crippen molar-refractivity contribution in [3.8, 4) is 0 Å². The molecule has 2 N–H and O–H groups in total. The van der Waals surface area contributed by atoms with Crippen molar-refractivity contribution in [3.63, 3.8) is 0 Å². The van der Waals surface area contributed by atoms with Crippen LogP contribution in [0.3, 0.4) is 0 Å². The average molecular weight is 194 g/mol. The standard InChI is InChI=1S/C11H18N2O/c1-11(2)5-3-8-9(4-6-12)13-14-10(8)7-11/h3-7,12H2,1-2H3. The molecule has 1 aromatic heterocycles. The zero-order valence-electron chi connectivity index (χ0n) is 8.97. The van der Waals surface area contributed by atoms with Crippen LogP contribution >= 0.6 is 0 Å². The predicted octanol–water partition coefficient (Wildman–Crippen LogP) is 1.69. The molecule has 14 heavy (non-hydrogen) atoms. The summed E-state index contributed by atoms with van der Waals surface area (Å²) in [5.74, 6) is 1.09. The van der Waals surface area contributed by atoms with Crippen LogP contribution in [0.25, 0.3) is 0 Å². The van der Waals surface area contributed by atoms with Crippen molar-refractivity contribution >= 4 is 0 Å². The maximum atomic E-state index is 5.52. The second kappa shape index (κ2) is 3.39. The Hall–Kier alpha value is -0.830. The molecule has 78 valence electrons. The first-order chi connectivity index (χ1) is 6.62. The van der Waals surface area contributed by atoms with Crippen LogP contribution in [0.1, 0.15) is 37.3 Å². The summed E-state index contributed by atoms with van der Waals surface area (Å²) in [5, 5.41) is 4.10. The maximum Gasteiger partial charge on any atom is 0.140 e. The minimum Gasteiger partial charge on any atom is -0.361 e. The molecule has 1 aliphatic rings. The monoisotopic (exact) mass is 194 g/mol. The highest BCUT2D eigenvalue weighted by atomic mass is 16.5. The van der Waals surface area contributed by atoms with E-state index in [-0.39, 0.29) is 0 Å². The molecule has 1 heterocycles. The van der Waals surface area contributed by atoms with E-state index in [0.717, 1.165) is 30.7 Å². The van der Waals surface area contributed by atoms with Crippen molar-refractivity contribution < 1.29 is 4.52 Å². The summed E-state index contributed by atoms with van der Waals surface area (Å²) in [4.78, 5) is 0. The normalized spacial score (nSPS) is 19.4. The topological polar surface area (TPSA) is 52.0 Å². The summed E-state index contributed by atoms with van der Waals surface area (Å²) in [7, 11) is 0. The van der Waals surface area contributed by atoms with Crippen LogP contribution in [0.4, 0.5) is 0 Å². The van der Waals surface area contributed by atoms with Crippen molar-refractivity contribution in [1.29, 1.82) is 0 Å². The van der Waals surface area contributed by atoms with Gasteiger partial charge in [-0.3, -0.25) is 0 Å². The van der Waals surface area contributed by atoms with E-state index in [0.29, 0.717) is 12.0 Å². The third kappa shape index (κ3) is 1.69. The second-order valence-electron chi connectivity index (χ2n) is 4.91. The first kappa shape index (κ1) is 9.71. The first-order valence-corrected chi connectivity index (χ1v) is 5.29. The molecule has 3 heteroatoms. The summed E-state index contributed by atoms with van der Waals surface area (Å²) in [5.41, 5.74) is 8.30. The van der Waals surface area contributed by atoms with E-state index in [1.54, 1.807) is 0 Å². The molecule has 3 nitrogen and oxygen atoms in total. The lowest BCUT2D eigenvalue weighted by Crippen LogP contribution is -2.21. The van der Waals surface area contributed by atoms with Gasteiger partial charge in [-0.2, -0.15) is 0 Å². The summed E-state index contributed by atoms with van der Waals surface area (Å²) in [6, 6.07) is 0. The first-order valence-electron chi connectivity index (χ1n) is 5.29. The number of rotatable bonds is 2. The van der Waals surface area contributed by atoms with Gasteiger partial charge in [0.05, 0.1) is 5.69 Å². The van der Waals surface area contributed by atoms with Gasteiger partial charge in [0.15, 0.2) is 0 Å². The Labute approximate surface area is 84.7 Å². The van der Waals surface area contributed by atoms with E-state index in [1.165, 1.54) is 12.0 Å². The molecule has 2 rings (SSSR count). The number of hydrogen-bond acceptors (Lipinski definition) is 3. The third-order valence-corrected chi connectivity index (χ3v) is 3.02. The van der Waals surface area contributed by atoms with Gasteiger partial charge in [0.1, 0.15) is 5.76 Å². The third-order valence-electron chi connectivity index (χ3n) is 3.02. The minimum absolute atomic E-state index is 0.368. The lowest BCUT2D eigenvalue weighted by Gasteiger charge is -2.27. The van der Waals surface area contributed by atoms with Crippen LogP contribution < -0.4 is 5.73 Å². The van der Waals surface area contributed by atoms with Crippen LogP contribution in [0.5, 0.6) is 0 Å². The molecule has 0 spiro atoms. The van der Waals surface area contributed by atoms with Gasteiger partial charge in [-0.25, -0.2) is 0 Å². The van der Waals surface area contributed by atoms with Crippen molar-refractivity contribution in [1.82, 2.24) is 5.16 Å². The largest absolute Gasteiger partial charge is 0.361 e. The summed E-state index contributed by atoms with van der Waals surface area (Å²) in [6.45, 7) is 5.21. The van der Waals surface area contributed by atoms with Gasteiger partial charge in [0.2, 0.25) is 0 Å². The second-order valence-corrected chi connectivity index (χ2v) is 4.91. The molecule has 0 aromatic carbocycles. The van der Waals surface area contributed by atoms with E-state index >= 15 is 0 Å². The van der Waals surface area contributed by atoms with E-state index in [4.69, 9.17) is 10.3 Å². The fourth-order valence-electron chi connectivity index (χ4n) is 2.12. The predicted molar refractivity (Wildman–Crippen MR) is 55.1 cm³/mol. The van der Waals surface area contributed by atoms with Crippen molar-refractivity contribution in [2.45, 2.75) is 39.5 Å². The number of aromatic nitrogens is 1. The van der Waals surface area contributed by atoms with Gasteiger partial charge in [-0.05, 0) is 24.8 Å². The molecule has 0 amide bonds. The highest BCUT2D eigenvalue weighted by Gasteiger charge is 2.30. The summed E-state index contributed by atoms with van der Waals surface area (Å²) < 4.78 is 5.37. The number of nitrogens with two attached hydrogens (primary N) is 1. The van der Waals surface area contributed by atoms with Crippen LogP contribution in [0, 0.1) is 5.41 Å². The van der Waals surface area contributed by atoms with Gasteiger partial charge in [-0.1, -0.05) is 19.0 Å². The van der Waals surface area contributed by atoms with Gasteiger partial charge >= 0.3 is 0 Å². The quantitative estimate of drug-likeness (QED) is 0.779. The lowest BCUT2D eigenvalue weighted by molar-refractivity contribution is 0.264.